The average molecular weight is 353 g/mol. The predicted octanol–water partition coefficient (Wildman–Crippen LogP) is 3.63. The number of fused-ring (bicyclic) bond motifs is 1. The Morgan fingerprint density at radius 3 is 2.00 bits per heavy atom. The lowest BCUT2D eigenvalue weighted by molar-refractivity contribution is -0.137. The number of halogens is 4. The third-order valence-electron chi connectivity index (χ3n) is 6.66. The van der Waals surface area contributed by atoms with Crippen molar-refractivity contribution in [2.75, 3.05) is 4.90 Å². The molecule has 3 nitrogen and oxygen atoms in total. The highest BCUT2D eigenvalue weighted by Gasteiger charge is 2.68. The molecule has 0 spiro atoms. The molecule has 1 aliphatic heterocycles. The topological polar surface area (TPSA) is 37.4 Å². The van der Waals surface area contributed by atoms with Gasteiger partial charge in [-0.15, -0.1) is 0 Å². The molecule has 0 aromatic heterocycles. The summed E-state index contributed by atoms with van der Waals surface area (Å²) in [4.78, 5) is 26.4. The summed E-state index contributed by atoms with van der Waals surface area (Å²) in [5.41, 5.74) is -1.63. The van der Waals surface area contributed by atoms with Gasteiger partial charge in [0.15, 0.2) is 0 Å². The third kappa shape index (κ3) is 1.92. The first-order valence-corrected chi connectivity index (χ1v) is 8.53. The summed E-state index contributed by atoms with van der Waals surface area (Å²) in [5, 5.41) is 0. The van der Waals surface area contributed by atoms with Crippen molar-refractivity contribution in [1.29, 1.82) is 0 Å². The molecule has 1 saturated heterocycles. The van der Waals surface area contributed by atoms with E-state index in [1.807, 2.05) is 0 Å². The highest BCUT2D eigenvalue weighted by molar-refractivity contribution is 6.22. The van der Waals surface area contributed by atoms with Gasteiger partial charge in [0.05, 0.1) is 23.1 Å². The molecule has 1 aromatic carbocycles. The van der Waals surface area contributed by atoms with E-state index >= 15 is 0 Å². The minimum Gasteiger partial charge on any atom is -0.274 e. The Morgan fingerprint density at radius 2 is 1.48 bits per heavy atom. The summed E-state index contributed by atoms with van der Waals surface area (Å²) < 4.78 is 53.1. The fourth-order valence-electron chi connectivity index (χ4n) is 5.64. The summed E-state index contributed by atoms with van der Waals surface area (Å²) in [6, 6.07) is 1.87. The molecule has 6 atom stereocenters. The molecule has 6 rings (SSSR count). The second-order valence-electron chi connectivity index (χ2n) is 7.70. The predicted molar refractivity (Wildman–Crippen MR) is 78.7 cm³/mol. The Labute approximate surface area is 141 Å². The SMILES string of the molecule is O=C1[C@@H]2[C@@H]3CC[C@@H]([C@H]4C[C@H]43)[C@@H]2C(=O)N1c1cc(C(F)(F)F)ccc1F. The van der Waals surface area contributed by atoms with Crippen molar-refractivity contribution in [2.24, 2.45) is 35.5 Å². The first kappa shape index (κ1) is 15.3. The summed E-state index contributed by atoms with van der Waals surface area (Å²) in [5.74, 6) is -1.82. The van der Waals surface area contributed by atoms with Crippen molar-refractivity contribution in [1.82, 2.24) is 0 Å². The van der Waals surface area contributed by atoms with Crippen LogP contribution in [0.4, 0.5) is 23.2 Å². The number of imide groups is 1. The van der Waals surface area contributed by atoms with Gasteiger partial charge in [0.1, 0.15) is 5.82 Å². The van der Waals surface area contributed by atoms with Crippen LogP contribution in [0.25, 0.3) is 0 Å². The highest BCUT2D eigenvalue weighted by atomic mass is 19.4. The van der Waals surface area contributed by atoms with Crippen LogP contribution in [-0.2, 0) is 15.8 Å². The summed E-state index contributed by atoms with van der Waals surface area (Å²) in [6.07, 6.45) is -1.86. The summed E-state index contributed by atoms with van der Waals surface area (Å²) in [7, 11) is 0. The van der Waals surface area contributed by atoms with E-state index in [4.69, 9.17) is 0 Å². The summed E-state index contributed by atoms with van der Waals surface area (Å²) >= 11 is 0. The Morgan fingerprint density at radius 1 is 0.920 bits per heavy atom. The van der Waals surface area contributed by atoms with Crippen molar-refractivity contribution < 1.29 is 27.2 Å². The van der Waals surface area contributed by atoms with Gasteiger partial charge in [-0.1, -0.05) is 0 Å². The van der Waals surface area contributed by atoms with Crippen LogP contribution in [0.15, 0.2) is 18.2 Å². The van der Waals surface area contributed by atoms with Crippen LogP contribution in [0, 0.1) is 41.3 Å². The van der Waals surface area contributed by atoms with Crippen LogP contribution in [0.3, 0.4) is 0 Å². The second-order valence-corrected chi connectivity index (χ2v) is 7.70. The van der Waals surface area contributed by atoms with Gasteiger partial charge in [0.25, 0.3) is 0 Å². The molecule has 2 bridgehead atoms. The zero-order valence-electron chi connectivity index (χ0n) is 13.1. The molecule has 25 heavy (non-hydrogen) atoms. The van der Waals surface area contributed by atoms with Crippen LogP contribution < -0.4 is 4.90 Å². The molecule has 0 N–H and O–H groups in total. The van der Waals surface area contributed by atoms with Gasteiger partial charge in [-0.25, -0.2) is 9.29 Å². The molecule has 5 aliphatic rings. The number of alkyl halides is 3. The maximum atomic E-state index is 14.2. The second kappa shape index (κ2) is 4.62. The van der Waals surface area contributed by atoms with E-state index < -0.39 is 46.9 Å². The zero-order valence-corrected chi connectivity index (χ0v) is 13.1. The van der Waals surface area contributed by atoms with E-state index in [-0.39, 0.29) is 11.8 Å². The highest BCUT2D eigenvalue weighted by Crippen LogP contribution is 2.68. The Hall–Kier alpha value is -1.92. The lowest BCUT2D eigenvalue weighted by Gasteiger charge is -2.42. The largest absolute Gasteiger partial charge is 0.416 e. The average Bonchev–Trinajstić information content (AvgIpc) is 3.32. The van der Waals surface area contributed by atoms with Crippen molar-refractivity contribution >= 4 is 17.5 Å². The van der Waals surface area contributed by atoms with Gasteiger partial charge >= 0.3 is 6.18 Å². The number of amides is 2. The molecular weight excluding hydrogens is 338 g/mol. The molecule has 4 saturated carbocycles. The number of carbonyl (C=O) groups is 2. The monoisotopic (exact) mass is 353 g/mol. The molecule has 132 valence electrons. The van der Waals surface area contributed by atoms with Crippen LogP contribution >= 0.6 is 0 Å². The van der Waals surface area contributed by atoms with Gasteiger partial charge in [-0.05, 0) is 61.1 Å². The maximum Gasteiger partial charge on any atom is 0.416 e. The van der Waals surface area contributed by atoms with Crippen LogP contribution in [-0.4, -0.2) is 11.8 Å². The smallest absolute Gasteiger partial charge is 0.274 e. The summed E-state index contributed by atoms with van der Waals surface area (Å²) in [6.45, 7) is 0. The van der Waals surface area contributed by atoms with Gasteiger partial charge in [-0.2, -0.15) is 13.2 Å². The van der Waals surface area contributed by atoms with E-state index in [0.717, 1.165) is 19.3 Å². The Balaban J connectivity index is 1.58. The first-order chi connectivity index (χ1) is 11.8. The molecular formula is C18H15F4NO2. The Kier molecular flexibility index (Phi) is 2.84. The minimum atomic E-state index is -4.66. The first-order valence-electron chi connectivity index (χ1n) is 8.53. The van der Waals surface area contributed by atoms with Gasteiger partial charge in [0, 0.05) is 0 Å². The van der Waals surface area contributed by atoms with E-state index in [9.17, 15) is 27.2 Å². The normalized spacial score (nSPS) is 38.8. The quantitative estimate of drug-likeness (QED) is 0.571. The van der Waals surface area contributed by atoms with E-state index in [1.54, 1.807) is 0 Å². The van der Waals surface area contributed by atoms with Gasteiger partial charge in [-0.3, -0.25) is 9.59 Å². The Bertz CT molecular complexity index is 771. The standard InChI is InChI=1S/C18H15F4NO2/c19-12-4-1-7(18(20,21)22)5-13(12)23-16(24)14-8-2-3-9(11-6-10(8)11)15(14)17(23)25/h1,4-5,8-11,14-15H,2-3,6H2/t8-,9+,10+,11-,14-,15+. The van der Waals surface area contributed by atoms with Crippen molar-refractivity contribution in [3.8, 4) is 0 Å². The molecule has 5 fully saturated rings. The number of hydrogen-bond acceptors (Lipinski definition) is 2. The van der Waals surface area contributed by atoms with E-state index in [1.165, 1.54) is 0 Å². The number of carbonyl (C=O) groups excluding carboxylic acids is 2. The lowest BCUT2D eigenvalue weighted by atomic mass is 9.59. The number of rotatable bonds is 1. The maximum absolute atomic E-state index is 14.2. The number of benzene rings is 1. The van der Waals surface area contributed by atoms with Crippen LogP contribution in [0.1, 0.15) is 24.8 Å². The van der Waals surface area contributed by atoms with Crippen molar-refractivity contribution in [3.63, 3.8) is 0 Å². The van der Waals surface area contributed by atoms with Crippen LogP contribution in [0.2, 0.25) is 0 Å². The van der Waals surface area contributed by atoms with Gasteiger partial charge in [0.2, 0.25) is 11.8 Å². The number of anilines is 1. The molecule has 1 aromatic rings. The molecule has 1 heterocycles. The molecule has 2 amide bonds. The van der Waals surface area contributed by atoms with Gasteiger partial charge < -0.3 is 0 Å². The molecule has 7 heteroatoms. The van der Waals surface area contributed by atoms with Crippen LogP contribution in [0.5, 0.6) is 0 Å². The fraction of sp³-hybridized carbons (Fsp3) is 0.556. The third-order valence-corrected chi connectivity index (χ3v) is 6.66. The fourth-order valence-corrected chi connectivity index (χ4v) is 5.64. The lowest BCUT2D eigenvalue weighted by Crippen LogP contribution is -2.43. The van der Waals surface area contributed by atoms with Crippen molar-refractivity contribution in [2.45, 2.75) is 25.4 Å². The zero-order chi connectivity index (χ0) is 17.7. The minimum absolute atomic E-state index is 0.121. The van der Waals surface area contributed by atoms with E-state index in [0.29, 0.717) is 34.9 Å². The van der Waals surface area contributed by atoms with Crippen molar-refractivity contribution in [3.05, 3.63) is 29.6 Å². The molecule has 0 unspecified atom stereocenters. The number of nitrogens with zero attached hydrogens (tertiary/aromatic N) is 1. The number of hydrogen-bond donors (Lipinski definition) is 0. The molecule has 0 radical (unpaired) electrons. The molecule has 4 aliphatic carbocycles. The van der Waals surface area contributed by atoms with E-state index in [2.05, 4.69) is 0 Å².